The molecule has 19 heavy (non-hydrogen) atoms. The molecule has 1 aromatic rings. The van der Waals surface area contributed by atoms with E-state index in [1.54, 1.807) is 0 Å². The molecule has 8 heteroatoms. The number of carbonyl (C=O) groups is 1. The molecule has 0 aromatic carbocycles. The van der Waals surface area contributed by atoms with Gasteiger partial charge in [-0.05, 0) is 6.07 Å². The Balaban J connectivity index is 3.07. The van der Waals surface area contributed by atoms with Crippen LogP contribution in [-0.4, -0.2) is 17.0 Å². The highest BCUT2D eigenvalue weighted by Gasteiger charge is 2.32. The highest BCUT2D eigenvalue weighted by Crippen LogP contribution is 2.29. The van der Waals surface area contributed by atoms with Gasteiger partial charge < -0.3 is 9.88 Å². The van der Waals surface area contributed by atoms with Crippen molar-refractivity contribution in [3.63, 3.8) is 0 Å². The van der Waals surface area contributed by atoms with Gasteiger partial charge in [-0.15, -0.1) is 6.58 Å². The lowest BCUT2D eigenvalue weighted by molar-refractivity contribution is -0.138. The quantitative estimate of drug-likeness (QED) is 0.861. The first-order valence-electron chi connectivity index (χ1n) is 5.10. The van der Waals surface area contributed by atoms with E-state index in [0.29, 0.717) is 16.8 Å². The second-order valence-corrected chi connectivity index (χ2v) is 4.01. The molecule has 1 aromatic heterocycles. The normalized spacial score (nSPS) is 11.2. The summed E-state index contributed by atoms with van der Waals surface area (Å²) in [5.41, 5.74) is -1.95. The van der Waals surface area contributed by atoms with Crippen LogP contribution in [0.15, 0.2) is 29.7 Å². The summed E-state index contributed by atoms with van der Waals surface area (Å²) in [5.74, 6) is -0.614. The first-order valence-corrected chi connectivity index (χ1v) is 5.48. The highest BCUT2D eigenvalue weighted by atomic mass is 35.5. The average Bonchev–Trinajstić information content (AvgIpc) is 2.30. The van der Waals surface area contributed by atoms with Crippen LogP contribution in [0.2, 0.25) is 5.02 Å². The number of amides is 1. The van der Waals surface area contributed by atoms with Crippen molar-refractivity contribution in [1.82, 2.24) is 9.88 Å². The maximum atomic E-state index is 12.5. The molecule has 0 aliphatic rings. The molecular weight excluding hydrogens is 285 g/mol. The Kier molecular flexibility index (Phi) is 4.77. The van der Waals surface area contributed by atoms with Crippen molar-refractivity contribution in [2.45, 2.75) is 12.7 Å². The fourth-order valence-electron chi connectivity index (χ4n) is 1.27. The minimum absolute atomic E-state index is 0.153. The zero-order valence-electron chi connectivity index (χ0n) is 9.63. The predicted molar refractivity (Wildman–Crippen MR) is 63.9 cm³/mol. The van der Waals surface area contributed by atoms with Crippen molar-refractivity contribution < 1.29 is 18.0 Å². The van der Waals surface area contributed by atoms with E-state index in [0.717, 1.165) is 0 Å². The molecule has 0 fully saturated rings. The molecule has 1 N–H and O–H groups in total. The lowest BCUT2D eigenvalue weighted by Crippen LogP contribution is -2.33. The summed E-state index contributed by atoms with van der Waals surface area (Å²) in [6.07, 6.45) is -2.68. The Hall–Kier alpha value is -1.76. The smallest absolute Gasteiger partial charge is 0.351 e. The zero-order chi connectivity index (χ0) is 14.6. The fraction of sp³-hybridized carbons (Fsp3) is 0.273. The molecular formula is C11H10ClF3N2O2. The summed E-state index contributed by atoms with van der Waals surface area (Å²) in [5, 5.41) is 1.75. The Morgan fingerprint density at radius 1 is 1.53 bits per heavy atom. The first kappa shape index (κ1) is 15.3. The summed E-state index contributed by atoms with van der Waals surface area (Å²) in [6.45, 7) is 2.97. The number of nitrogens with zero attached hydrogens (tertiary/aromatic N) is 1. The third-order valence-corrected chi connectivity index (χ3v) is 2.40. The number of pyridine rings is 1. The van der Waals surface area contributed by atoms with E-state index in [1.165, 1.54) is 6.08 Å². The standard InChI is InChI=1S/C11H10ClF3N2O2/c1-2-3-16-9(18)6-17-5-7(11(13,14)15)4-8(12)10(17)19/h2,4-5H,1,3,6H2,(H,16,18). The first-order chi connectivity index (χ1) is 8.75. The third-order valence-electron chi connectivity index (χ3n) is 2.13. The molecule has 0 saturated heterocycles. The van der Waals surface area contributed by atoms with Gasteiger partial charge in [-0.3, -0.25) is 9.59 Å². The van der Waals surface area contributed by atoms with E-state index in [4.69, 9.17) is 11.6 Å². The van der Waals surface area contributed by atoms with E-state index in [2.05, 4.69) is 11.9 Å². The van der Waals surface area contributed by atoms with E-state index >= 15 is 0 Å². The summed E-state index contributed by atoms with van der Waals surface area (Å²) < 4.78 is 38.2. The van der Waals surface area contributed by atoms with Crippen LogP contribution >= 0.6 is 11.6 Å². The Labute approximate surface area is 111 Å². The van der Waals surface area contributed by atoms with Gasteiger partial charge in [0.25, 0.3) is 5.56 Å². The van der Waals surface area contributed by atoms with Crippen LogP contribution in [0.25, 0.3) is 0 Å². The molecule has 1 rings (SSSR count). The lowest BCUT2D eigenvalue weighted by atomic mass is 10.2. The van der Waals surface area contributed by atoms with Crippen molar-refractivity contribution >= 4 is 17.5 Å². The van der Waals surface area contributed by atoms with Crippen LogP contribution in [0.4, 0.5) is 13.2 Å². The van der Waals surface area contributed by atoms with Gasteiger partial charge in [-0.25, -0.2) is 0 Å². The summed E-state index contributed by atoms with van der Waals surface area (Å²) in [4.78, 5) is 22.9. The van der Waals surface area contributed by atoms with Crippen LogP contribution in [0, 0.1) is 0 Å². The van der Waals surface area contributed by atoms with Crippen molar-refractivity contribution in [3.8, 4) is 0 Å². The van der Waals surface area contributed by atoms with Gasteiger partial charge in [-0.2, -0.15) is 13.2 Å². The maximum absolute atomic E-state index is 12.5. The second-order valence-electron chi connectivity index (χ2n) is 3.60. The van der Waals surface area contributed by atoms with Crippen LogP contribution < -0.4 is 10.9 Å². The number of aromatic nitrogens is 1. The van der Waals surface area contributed by atoms with Gasteiger partial charge in [0.2, 0.25) is 5.91 Å². The van der Waals surface area contributed by atoms with Crippen LogP contribution in [-0.2, 0) is 17.5 Å². The summed E-state index contributed by atoms with van der Waals surface area (Å²) >= 11 is 5.43. The molecule has 0 radical (unpaired) electrons. The number of alkyl halides is 3. The van der Waals surface area contributed by atoms with E-state index in [-0.39, 0.29) is 6.54 Å². The van der Waals surface area contributed by atoms with E-state index in [9.17, 15) is 22.8 Å². The molecule has 0 aliphatic heterocycles. The van der Waals surface area contributed by atoms with Crippen LogP contribution in [0.3, 0.4) is 0 Å². The Morgan fingerprint density at radius 3 is 2.68 bits per heavy atom. The van der Waals surface area contributed by atoms with Crippen molar-refractivity contribution in [3.05, 3.63) is 45.9 Å². The molecule has 4 nitrogen and oxygen atoms in total. The van der Waals surface area contributed by atoms with Gasteiger partial charge in [0.1, 0.15) is 11.6 Å². The fourth-order valence-corrected chi connectivity index (χ4v) is 1.49. The molecule has 0 atom stereocenters. The minimum atomic E-state index is -4.64. The second kappa shape index (κ2) is 5.92. The number of nitrogens with one attached hydrogen (secondary N) is 1. The van der Waals surface area contributed by atoms with E-state index < -0.39 is 34.8 Å². The van der Waals surface area contributed by atoms with Gasteiger partial charge >= 0.3 is 6.18 Å². The number of rotatable bonds is 4. The number of halogens is 4. The summed E-state index contributed by atoms with van der Waals surface area (Å²) in [6, 6.07) is 0.530. The number of carbonyl (C=O) groups excluding carboxylic acids is 1. The molecule has 0 saturated carbocycles. The molecule has 0 spiro atoms. The van der Waals surface area contributed by atoms with Crippen molar-refractivity contribution in [2.24, 2.45) is 0 Å². The van der Waals surface area contributed by atoms with E-state index in [1.807, 2.05) is 0 Å². The molecule has 104 valence electrons. The molecule has 0 bridgehead atoms. The molecule has 0 aliphatic carbocycles. The monoisotopic (exact) mass is 294 g/mol. The topological polar surface area (TPSA) is 51.1 Å². The van der Waals surface area contributed by atoms with Crippen LogP contribution in [0.1, 0.15) is 5.56 Å². The van der Waals surface area contributed by atoms with Crippen LogP contribution in [0.5, 0.6) is 0 Å². The highest BCUT2D eigenvalue weighted by molar-refractivity contribution is 6.30. The van der Waals surface area contributed by atoms with Gasteiger partial charge in [0.05, 0.1) is 5.56 Å². The minimum Gasteiger partial charge on any atom is -0.351 e. The van der Waals surface area contributed by atoms with Crippen molar-refractivity contribution in [2.75, 3.05) is 6.54 Å². The maximum Gasteiger partial charge on any atom is 0.417 e. The Morgan fingerprint density at radius 2 is 2.16 bits per heavy atom. The molecule has 1 amide bonds. The average molecular weight is 295 g/mol. The van der Waals surface area contributed by atoms with Gasteiger partial charge in [-0.1, -0.05) is 17.7 Å². The zero-order valence-corrected chi connectivity index (χ0v) is 10.4. The molecule has 1 heterocycles. The SMILES string of the molecule is C=CCNC(=O)Cn1cc(C(F)(F)F)cc(Cl)c1=O. The Bertz CT molecular complexity index is 552. The summed E-state index contributed by atoms with van der Waals surface area (Å²) in [7, 11) is 0. The lowest BCUT2D eigenvalue weighted by Gasteiger charge is -2.11. The number of hydrogen-bond donors (Lipinski definition) is 1. The van der Waals surface area contributed by atoms with Crippen molar-refractivity contribution in [1.29, 1.82) is 0 Å². The number of hydrogen-bond acceptors (Lipinski definition) is 2. The predicted octanol–water partition coefficient (Wildman–Crippen LogP) is 1.82. The largest absolute Gasteiger partial charge is 0.417 e. The van der Waals surface area contributed by atoms with Gasteiger partial charge in [0, 0.05) is 12.7 Å². The third kappa shape index (κ3) is 4.13. The molecule has 0 unspecified atom stereocenters. The van der Waals surface area contributed by atoms with Gasteiger partial charge in [0.15, 0.2) is 0 Å².